The minimum atomic E-state index is -1.27. The average molecular weight is 254 g/mol. The van der Waals surface area contributed by atoms with E-state index in [0.29, 0.717) is 18.3 Å². The Morgan fingerprint density at radius 3 is 2.78 bits per heavy atom. The molecule has 0 aliphatic carbocycles. The Morgan fingerprint density at radius 2 is 2.17 bits per heavy atom. The molecule has 2 rings (SSSR count). The summed E-state index contributed by atoms with van der Waals surface area (Å²) in [7, 11) is 0. The first-order chi connectivity index (χ1) is 8.66. The van der Waals surface area contributed by atoms with E-state index in [9.17, 15) is 9.18 Å². The van der Waals surface area contributed by atoms with Crippen LogP contribution in [0.15, 0.2) is 18.2 Å². The van der Waals surface area contributed by atoms with E-state index in [1.165, 1.54) is 12.1 Å². The molecule has 1 aromatic carbocycles. The van der Waals surface area contributed by atoms with Gasteiger partial charge in [0.25, 0.3) is 0 Å². The maximum atomic E-state index is 13.4. The molecule has 1 N–H and O–H groups in total. The Balaban J connectivity index is 1.93. The number of aromatic carboxylic acids is 1. The fraction of sp³-hybridized carbons (Fsp3) is 0.462. The largest absolute Gasteiger partial charge is 0.493 e. The number of rotatable bonds is 4. The topological polar surface area (TPSA) is 55.8 Å². The molecule has 0 amide bonds. The highest BCUT2D eigenvalue weighted by Crippen LogP contribution is 2.20. The minimum Gasteiger partial charge on any atom is -0.493 e. The molecular formula is C13H15FO4. The van der Waals surface area contributed by atoms with Crippen LogP contribution in [0.4, 0.5) is 4.39 Å². The molecule has 0 unspecified atom stereocenters. The third kappa shape index (κ3) is 3.20. The summed E-state index contributed by atoms with van der Waals surface area (Å²) in [5.41, 5.74) is -0.339. The smallest absolute Gasteiger partial charge is 0.338 e. The number of carboxylic acids is 1. The highest BCUT2D eigenvalue weighted by molar-refractivity contribution is 5.88. The molecule has 1 saturated heterocycles. The van der Waals surface area contributed by atoms with E-state index in [0.717, 1.165) is 32.1 Å². The van der Waals surface area contributed by atoms with Crippen LogP contribution in [0.2, 0.25) is 0 Å². The highest BCUT2D eigenvalue weighted by atomic mass is 19.1. The van der Waals surface area contributed by atoms with Crippen molar-refractivity contribution >= 4 is 5.97 Å². The van der Waals surface area contributed by atoms with Crippen molar-refractivity contribution in [3.05, 3.63) is 29.6 Å². The van der Waals surface area contributed by atoms with E-state index >= 15 is 0 Å². The van der Waals surface area contributed by atoms with Gasteiger partial charge in [-0.25, -0.2) is 9.18 Å². The number of hydrogen-bond donors (Lipinski definition) is 1. The van der Waals surface area contributed by atoms with Gasteiger partial charge in [0.2, 0.25) is 0 Å². The molecule has 0 radical (unpaired) electrons. The molecule has 98 valence electrons. The molecule has 1 aromatic rings. The summed E-state index contributed by atoms with van der Waals surface area (Å²) in [5.74, 6) is -1.26. The Labute approximate surface area is 104 Å². The molecule has 1 aliphatic heterocycles. The van der Waals surface area contributed by atoms with Crippen LogP contribution in [-0.4, -0.2) is 30.9 Å². The maximum Gasteiger partial charge on any atom is 0.338 e. The van der Waals surface area contributed by atoms with Gasteiger partial charge >= 0.3 is 5.97 Å². The third-order valence-electron chi connectivity index (χ3n) is 3.00. The molecule has 5 heteroatoms. The first kappa shape index (κ1) is 12.8. The molecule has 0 bridgehead atoms. The Kier molecular flexibility index (Phi) is 4.15. The summed E-state index contributed by atoms with van der Waals surface area (Å²) in [5, 5.41) is 8.70. The van der Waals surface area contributed by atoms with Gasteiger partial charge in [0.1, 0.15) is 11.6 Å². The number of halogens is 1. The van der Waals surface area contributed by atoms with Crippen LogP contribution in [-0.2, 0) is 4.74 Å². The zero-order chi connectivity index (χ0) is 13.0. The monoisotopic (exact) mass is 254 g/mol. The summed E-state index contributed by atoms with van der Waals surface area (Å²) in [6, 6.07) is 3.81. The van der Waals surface area contributed by atoms with Crippen molar-refractivity contribution in [2.45, 2.75) is 12.8 Å². The molecular weight excluding hydrogens is 239 g/mol. The van der Waals surface area contributed by atoms with Gasteiger partial charge in [-0.2, -0.15) is 0 Å². The lowest BCUT2D eigenvalue weighted by molar-refractivity contribution is 0.0497. The molecule has 1 heterocycles. The number of hydrogen-bond acceptors (Lipinski definition) is 3. The van der Waals surface area contributed by atoms with Gasteiger partial charge in [-0.05, 0) is 30.9 Å². The van der Waals surface area contributed by atoms with E-state index in [-0.39, 0.29) is 5.56 Å². The van der Waals surface area contributed by atoms with Gasteiger partial charge in [-0.1, -0.05) is 0 Å². The van der Waals surface area contributed by atoms with Crippen LogP contribution < -0.4 is 4.74 Å². The lowest BCUT2D eigenvalue weighted by atomic mass is 10.0. The molecule has 0 saturated carbocycles. The Bertz CT molecular complexity index is 427. The molecule has 4 nitrogen and oxygen atoms in total. The number of benzene rings is 1. The number of carbonyl (C=O) groups is 1. The second-order valence-corrected chi connectivity index (χ2v) is 4.31. The maximum absolute atomic E-state index is 13.4. The molecule has 0 aromatic heterocycles. The Hall–Kier alpha value is -1.62. The number of carboxylic acid groups (broad SMARTS) is 1. The van der Waals surface area contributed by atoms with Gasteiger partial charge in [0, 0.05) is 19.3 Å². The van der Waals surface area contributed by atoms with Crippen LogP contribution >= 0.6 is 0 Å². The Morgan fingerprint density at radius 1 is 1.44 bits per heavy atom. The molecule has 0 atom stereocenters. The number of ether oxygens (including phenoxy) is 2. The zero-order valence-corrected chi connectivity index (χ0v) is 9.89. The predicted octanol–water partition coefficient (Wildman–Crippen LogP) is 2.33. The lowest BCUT2D eigenvalue weighted by Gasteiger charge is -2.22. The standard InChI is InChI=1S/C13H15FO4/c14-12-7-10(1-2-11(12)13(15)16)18-8-9-3-5-17-6-4-9/h1-2,7,9H,3-6,8H2,(H,15,16). The van der Waals surface area contributed by atoms with Gasteiger partial charge in [0.05, 0.1) is 12.2 Å². The fourth-order valence-electron chi connectivity index (χ4n) is 1.89. The quantitative estimate of drug-likeness (QED) is 0.896. The van der Waals surface area contributed by atoms with Crippen molar-refractivity contribution < 1.29 is 23.8 Å². The summed E-state index contributed by atoms with van der Waals surface area (Å²) in [6.45, 7) is 1.98. The van der Waals surface area contributed by atoms with Crippen LogP contribution in [0, 0.1) is 11.7 Å². The van der Waals surface area contributed by atoms with E-state index in [2.05, 4.69) is 0 Å². The van der Waals surface area contributed by atoms with Crippen LogP contribution in [0.25, 0.3) is 0 Å². The van der Waals surface area contributed by atoms with Crippen LogP contribution in [0.1, 0.15) is 23.2 Å². The van der Waals surface area contributed by atoms with Crippen molar-refractivity contribution in [1.82, 2.24) is 0 Å². The predicted molar refractivity (Wildman–Crippen MR) is 62.4 cm³/mol. The summed E-state index contributed by atoms with van der Waals surface area (Å²) >= 11 is 0. The normalized spacial score (nSPS) is 16.5. The van der Waals surface area contributed by atoms with Gasteiger partial charge in [0.15, 0.2) is 0 Å². The van der Waals surface area contributed by atoms with Crippen molar-refractivity contribution in [1.29, 1.82) is 0 Å². The van der Waals surface area contributed by atoms with E-state index < -0.39 is 11.8 Å². The van der Waals surface area contributed by atoms with Gasteiger partial charge in [-0.3, -0.25) is 0 Å². The molecule has 18 heavy (non-hydrogen) atoms. The summed E-state index contributed by atoms with van der Waals surface area (Å²) in [6.07, 6.45) is 1.88. The minimum absolute atomic E-state index is 0.339. The zero-order valence-electron chi connectivity index (χ0n) is 9.89. The second-order valence-electron chi connectivity index (χ2n) is 4.31. The second kappa shape index (κ2) is 5.82. The van der Waals surface area contributed by atoms with Crippen molar-refractivity contribution in [3.63, 3.8) is 0 Å². The van der Waals surface area contributed by atoms with Gasteiger partial charge < -0.3 is 14.6 Å². The van der Waals surface area contributed by atoms with E-state index in [1.807, 2.05) is 0 Å². The summed E-state index contributed by atoms with van der Waals surface area (Å²) < 4.78 is 24.1. The fourth-order valence-corrected chi connectivity index (χ4v) is 1.89. The third-order valence-corrected chi connectivity index (χ3v) is 3.00. The first-order valence-electron chi connectivity index (χ1n) is 5.90. The van der Waals surface area contributed by atoms with Crippen LogP contribution in [0.5, 0.6) is 5.75 Å². The molecule has 0 spiro atoms. The molecule has 1 fully saturated rings. The highest BCUT2D eigenvalue weighted by Gasteiger charge is 2.15. The summed E-state index contributed by atoms with van der Waals surface area (Å²) in [4.78, 5) is 10.6. The van der Waals surface area contributed by atoms with Crippen molar-refractivity contribution in [2.75, 3.05) is 19.8 Å². The average Bonchev–Trinajstić information content (AvgIpc) is 2.37. The van der Waals surface area contributed by atoms with Crippen molar-refractivity contribution in [3.8, 4) is 5.75 Å². The van der Waals surface area contributed by atoms with Gasteiger partial charge in [-0.15, -0.1) is 0 Å². The molecule has 1 aliphatic rings. The van der Waals surface area contributed by atoms with E-state index in [1.54, 1.807) is 0 Å². The lowest BCUT2D eigenvalue weighted by Crippen LogP contribution is -2.21. The van der Waals surface area contributed by atoms with Crippen LogP contribution in [0.3, 0.4) is 0 Å². The van der Waals surface area contributed by atoms with Crippen molar-refractivity contribution in [2.24, 2.45) is 5.92 Å². The SMILES string of the molecule is O=C(O)c1ccc(OCC2CCOCC2)cc1F. The first-order valence-corrected chi connectivity index (χ1v) is 5.90. The van der Waals surface area contributed by atoms with E-state index in [4.69, 9.17) is 14.6 Å².